The van der Waals surface area contributed by atoms with Gasteiger partial charge in [0, 0.05) is 48.2 Å². The summed E-state index contributed by atoms with van der Waals surface area (Å²) in [5, 5.41) is 8.06. The number of urea groups is 1. The van der Waals surface area contributed by atoms with Crippen LogP contribution < -0.4 is 5.32 Å². The number of likely N-dealkylation sites (tertiary alicyclic amines) is 1. The Morgan fingerprint density at radius 3 is 2.77 bits per heavy atom. The summed E-state index contributed by atoms with van der Waals surface area (Å²) in [6.07, 6.45) is 7.26. The second-order valence-electron chi connectivity index (χ2n) is 8.10. The van der Waals surface area contributed by atoms with Crippen LogP contribution in [0.15, 0.2) is 12.3 Å². The molecule has 26 heavy (non-hydrogen) atoms. The fourth-order valence-electron chi connectivity index (χ4n) is 4.25. The van der Waals surface area contributed by atoms with Gasteiger partial charge in [0.2, 0.25) is 0 Å². The lowest BCUT2D eigenvalue weighted by atomic mass is 9.79. The number of amides is 2. The Kier molecular flexibility index (Phi) is 4.50. The van der Waals surface area contributed by atoms with E-state index in [1.54, 1.807) is 11.3 Å². The van der Waals surface area contributed by atoms with Crippen LogP contribution in [0.1, 0.15) is 61.7 Å². The molecule has 7 heteroatoms. The van der Waals surface area contributed by atoms with Crippen molar-refractivity contribution < 1.29 is 4.79 Å². The van der Waals surface area contributed by atoms with Crippen LogP contribution in [-0.2, 0) is 18.9 Å². The highest BCUT2D eigenvalue weighted by molar-refractivity contribution is 7.15. The van der Waals surface area contributed by atoms with Crippen molar-refractivity contribution in [2.75, 3.05) is 18.4 Å². The third-order valence-electron chi connectivity index (χ3n) is 5.82. The molecule has 2 amide bonds. The smallest absolute Gasteiger partial charge is 0.323 e. The second-order valence-corrected chi connectivity index (χ2v) is 9.18. The average Bonchev–Trinajstić information content (AvgIpc) is 3.21. The van der Waals surface area contributed by atoms with Crippen LogP contribution in [0.5, 0.6) is 0 Å². The van der Waals surface area contributed by atoms with Crippen molar-refractivity contribution in [3.63, 3.8) is 0 Å². The van der Waals surface area contributed by atoms with Gasteiger partial charge in [0.05, 0.1) is 5.69 Å². The number of fused-ring (bicyclic) bond motifs is 1. The fraction of sp³-hybridized carbons (Fsp3) is 0.632. The summed E-state index contributed by atoms with van der Waals surface area (Å²) in [6, 6.07) is 2.07. The number of nitrogens with zero attached hydrogens (tertiary/aromatic N) is 4. The molecule has 140 valence electrons. The lowest BCUT2D eigenvalue weighted by Gasteiger charge is -2.31. The summed E-state index contributed by atoms with van der Waals surface area (Å²) in [4.78, 5) is 20.7. The van der Waals surface area contributed by atoms with Crippen molar-refractivity contribution in [2.24, 2.45) is 7.05 Å². The highest BCUT2D eigenvalue weighted by Crippen LogP contribution is 2.40. The van der Waals surface area contributed by atoms with E-state index in [4.69, 9.17) is 4.98 Å². The Bertz CT molecular complexity index is 801. The molecule has 3 heterocycles. The first-order valence-corrected chi connectivity index (χ1v) is 10.3. The first kappa shape index (κ1) is 17.5. The Hall–Kier alpha value is -1.89. The van der Waals surface area contributed by atoms with Gasteiger partial charge in [0.1, 0.15) is 0 Å². The van der Waals surface area contributed by atoms with Gasteiger partial charge >= 0.3 is 6.03 Å². The number of carbonyl (C=O) groups is 1. The molecule has 0 spiro atoms. The zero-order valence-corrected chi connectivity index (χ0v) is 16.6. The van der Waals surface area contributed by atoms with Crippen molar-refractivity contribution >= 4 is 22.5 Å². The Morgan fingerprint density at radius 2 is 2.12 bits per heavy atom. The maximum absolute atomic E-state index is 12.7. The maximum Gasteiger partial charge on any atom is 0.323 e. The monoisotopic (exact) mass is 373 g/mol. The van der Waals surface area contributed by atoms with Crippen molar-refractivity contribution in [3.8, 4) is 0 Å². The number of hydrogen-bond acceptors (Lipinski definition) is 4. The van der Waals surface area contributed by atoms with Crippen LogP contribution in [0.4, 0.5) is 9.93 Å². The molecule has 0 saturated carbocycles. The Balaban J connectivity index is 1.38. The van der Waals surface area contributed by atoms with Gasteiger partial charge in [-0.15, -0.1) is 11.3 Å². The lowest BCUT2D eigenvalue weighted by molar-refractivity contribution is 0.193. The van der Waals surface area contributed by atoms with E-state index < -0.39 is 0 Å². The van der Waals surface area contributed by atoms with Gasteiger partial charge in [-0.25, -0.2) is 9.78 Å². The van der Waals surface area contributed by atoms with Crippen LogP contribution in [0, 0.1) is 0 Å². The van der Waals surface area contributed by atoms with Gasteiger partial charge < -0.3 is 4.90 Å². The van der Waals surface area contributed by atoms with Crippen LogP contribution in [0.25, 0.3) is 0 Å². The Morgan fingerprint density at radius 1 is 1.35 bits per heavy atom. The molecule has 0 atom stereocenters. The van der Waals surface area contributed by atoms with E-state index in [1.807, 2.05) is 22.8 Å². The van der Waals surface area contributed by atoms with Gasteiger partial charge in [-0.2, -0.15) is 5.10 Å². The molecule has 1 aliphatic heterocycles. The molecule has 1 fully saturated rings. The molecule has 4 rings (SSSR count). The molecule has 0 unspecified atom stereocenters. The van der Waals surface area contributed by atoms with Crippen LogP contribution in [-0.4, -0.2) is 38.8 Å². The van der Waals surface area contributed by atoms with Crippen molar-refractivity contribution in [2.45, 2.75) is 57.3 Å². The zero-order valence-electron chi connectivity index (χ0n) is 15.8. The molecule has 1 N–H and O–H groups in total. The highest BCUT2D eigenvalue weighted by atomic mass is 32.1. The van der Waals surface area contributed by atoms with Gasteiger partial charge in [-0.1, -0.05) is 13.8 Å². The number of piperidine rings is 1. The normalized spacial score (nSPS) is 20.0. The molecule has 2 aromatic heterocycles. The number of hydrogen-bond donors (Lipinski definition) is 1. The molecule has 0 aromatic carbocycles. The van der Waals surface area contributed by atoms with Crippen molar-refractivity contribution in [3.05, 3.63) is 28.5 Å². The molecule has 0 bridgehead atoms. The number of nitrogens with one attached hydrogen (secondary N) is 1. The molecule has 1 aliphatic carbocycles. The second kappa shape index (κ2) is 6.68. The topological polar surface area (TPSA) is 63.1 Å². The lowest BCUT2D eigenvalue weighted by Crippen LogP contribution is -2.40. The van der Waals surface area contributed by atoms with Crippen LogP contribution in [0.3, 0.4) is 0 Å². The standard InChI is InChI=1S/C19H27N5OS/c1-19(2)9-4-5-15-16(19)21-17(26-15)22-18(25)24-11-7-13(8-12-24)14-6-10-20-23(14)3/h6,10,13H,4-5,7-9,11-12H2,1-3H3,(H,21,22,25). The number of thiazole rings is 1. The predicted octanol–water partition coefficient (Wildman–Crippen LogP) is 3.90. The van der Waals surface area contributed by atoms with Gasteiger partial charge in [0.15, 0.2) is 5.13 Å². The van der Waals surface area contributed by atoms with E-state index in [-0.39, 0.29) is 11.4 Å². The number of aryl methyl sites for hydroxylation is 2. The summed E-state index contributed by atoms with van der Waals surface area (Å²) in [5.41, 5.74) is 2.56. The third kappa shape index (κ3) is 3.24. The minimum absolute atomic E-state index is 0.0163. The first-order valence-electron chi connectivity index (χ1n) is 9.48. The maximum atomic E-state index is 12.7. The van der Waals surface area contributed by atoms with E-state index in [2.05, 4.69) is 30.3 Å². The quantitative estimate of drug-likeness (QED) is 0.868. The highest BCUT2D eigenvalue weighted by Gasteiger charge is 2.32. The molecule has 1 saturated heterocycles. The number of carbonyl (C=O) groups excluding carboxylic acids is 1. The van der Waals surface area contributed by atoms with Crippen LogP contribution in [0.2, 0.25) is 0 Å². The largest absolute Gasteiger partial charge is 0.324 e. The van der Waals surface area contributed by atoms with E-state index in [1.165, 1.54) is 29.1 Å². The summed E-state index contributed by atoms with van der Waals surface area (Å²) in [6.45, 7) is 6.05. The molecule has 2 aromatic rings. The predicted molar refractivity (Wildman–Crippen MR) is 104 cm³/mol. The number of aromatic nitrogens is 3. The van der Waals surface area contributed by atoms with Crippen molar-refractivity contribution in [1.29, 1.82) is 0 Å². The van der Waals surface area contributed by atoms with Gasteiger partial charge in [-0.05, 0) is 38.2 Å². The molecule has 6 nitrogen and oxygen atoms in total. The fourth-order valence-corrected chi connectivity index (χ4v) is 5.42. The zero-order chi connectivity index (χ0) is 18.3. The van der Waals surface area contributed by atoms with E-state index >= 15 is 0 Å². The third-order valence-corrected chi connectivity index (χ3v) is 6.85. The summed E-state index contributed by atoms with van der Waals surface area (Å²) in [5.74, 6) is 0.486. The summed E-state index contributed by atoms with van der Waals surface area (Å²) >= 11 is 1.65. The van der Waals surface area contributed by atoms with Crippen LogP contribution >= 0.6 is 11.3 Å². The average molecular weight is 374 g/mol. The minimum Gasteiger partial charge on any atom is -0.324 e. The summed E-state index contributed by atoms with van der Waals surface area (Å²) in [7, 11) is 1.99. The molecular formula is C19H27N5OS. The van der Waals surface area contributed by atoms with E-state index in [0.717, 1.165) is 37.5 Å². The minimum atomic E-state index is -0.0163. The summed E-state index contributed by atoms with van der Waals surface area (Å²) < 4.78 is 1.95. The van der Waals surface area contributed by atoms with E-state index in [9.17, 15) is 4.79 Å². The van der Waals surface area contributed by atoms with Gasteiger partial charge in [0.25, 0.3) is 0 Å². The molecule has 0 radical (unpaired) electrons. The first-order chi connectivity index (χ1) is 12.4. The van der Waals surface area contributed by atoms with E-state index in [0.29, 0.717) is 5.92 Å². The number of rotatable bonds is 2. The molecular weight excluding hydrogens is 346 g/mol. The molecule has 2 aliphatic rings. The van der Waals surface area contributed by atoms with Gasteiger partial charge in [-0.3, -0.25) is 10.00 Å². The van der Waals surface area contributed by atoms with Crippen molar-refractivity contribution in [1.82, 2.24) is 19.7 Å². The SMILES string of the molecule is Cn1nccc1C1CCN(C(=O)Nc2nc3c(s2)CCCC3(C)C)CC1. The Labute approximate surface area is 158 Å². The number of anilines is 1.